The number of nitrogens with two attached hydrogens (primary N) is 1. The maximum Gasteiger partial charge on any atom is 0.295 e. The standard InChI is InChI=1S/C12H14N2O3S/c13-6-7-14-10-4-5-11-9(8-10)2-1-3-12(11)18(15,16)17/h1-5,8,14H,6-7,13H2,(H,15,16,17). The van der Waals surface area contributed by atoms with Gasteiger partial charge in [-0.2, -0.15) is 8.42 Å². The van der Waals surface area contributed by atoms with Gasteiger partial charge >= 0.3 is 0 Å². The molecule has 0 atom stereocenters. The van der Waals surface area contributed by atoms with E-state index >= 15 is 0 Å². The van der Waals surface area contributed by atoms with E-state index in [4.69, 9.17) is 10.3 Å². The number of hydrogen-bond donors (Lipinski definition) is 3. The van der Waals surface area contributed by atoms with Crippen molar-refractivity contribution in [3.63, 3.8) is 0 Å². The minimum absolute atomic E-state index is 0.0784. The molecule has 96 valence electrons. The van der Waals surface area contributed by atoms with E-state index in [1.54, 1.807) is 24.3 Å². The molecule has 0 heterocycles. The van der Waals surface area contributed by atoms with Crippen molar-refractivity contribution in [1.82, 2.24) is 0 Å². The molecule has 18 heavy (non-hydrogen) atoms. The van der Waals surface area contributed by atoms with Crippen molar-refractivity contribution in [2.45, 2.75) is 4.90 Å². The molecule has 0 radical (unpaired) electrons. The molecule has 0 spiro atoms. The van der Waals surface area contributed by atoms with Crippen molar-refractivity contribution in [1.29, 1.82) is 0 Å². The molecule has 0 saturated carbocycles. The zero-order valence-corrected chi connectivity index (χ0v) is 10.4. The van der Waals surface area contributed by atoms with Crippen LogP contribution in [0.3, 0.4) is 0 Å². The lowest BCUT2D eigenvalue weighted by molar-refractivity contribution is 0.484. The fourth-order valence-electron chi connectivity index (χ4n) is 1.81. The Morgan fingerprint density at radius 1 is 1.22 bits per heavy atom. The van der Waals surface area contributed by atoms with E-state index in [2.05, 4.69) is 5.32 Å². The topological polar surface area (TPSA) is 92.4 Å². The van der Waals surface area contributed by atoms with Crippen LogP contribution < -0.4 is 11.1 Å². The maximum atomic E-state index is 11.2. The van der Waals surface area contributed by atoms with Crippen LogP contribution in [-0.4, -0.2) is 26.1 Å². The van der Waals surface area contributed by atoms with Gasteiger partial charge in [-0.05, 0) is 23.6 Å². The van der Waals surface area contributed by atoms with E-state index in [-0.39, 0.29) is 4.90 Å². The quantitative estimate of drug-likeness (QED) is 0.728. The van der Waals surface area contributed by atoms with Crippen molar-refractivity contribution in [3.8, 4) is 0 Å². The van der Waals surface area contributed by atoms with Gasteiger partial charge in [0.2, 0.25) is 0 Å². The average molecular weight is 266 g/mol. The largest absolute Gasteiger partial charge is 0.384 e. The first-order valence-corrected chi connectivity index (χ1v) is 6.90. The van der Waals surface area contributed by atoms with Gasteiger partial charge in [0.1, 0.15) is 4.90 Å². The van der Waals surface area contributed by atoms with Crippen LogP contribution in [0.2, 0.25) is 0 Å². The molecule has 0 unspecified atom stereocenters. The number of hydrogen-bond acceptors (Lipinski definition) is 4. The Morgan fingerprint density at radius 3 is 2.67 bits per heavy atom. The van der Waals surface area contributed by atoms with Gasteiger partial charge in [0.05, 0.1) is 0 Å². The number of benzene rings is 2. The molecule has 0 aromatic heterocycles. The summed E-state index contributed by atoms with van der Waals surface area (Å²) in [6.07, 6.45) is 0. The lowest BCUT2D eigenvalue weighted by atomic mass is 10.1. The molecule has 0 amide bonds. The highest BCUT2D eigenvalue weighted by Gasteiger charge is 2.13. The Morgan fingerprint density at radius 2 is 2.00 bits per heavy atom. The Labute approximate surface area is 105 Å². The van der Waals surface area contributed by atoms with Crippen molar-refractivity contribution in [2.75, 3.05) is 18.4 Å². The monoisotopic (exact) mass is 266 g/mol. The Balaban J connectivity index is 2.54. The fourth-order valence-corrected chi connectivity index (χ4v) is 2.52. The SMILES string of the molecule is NCCNc1ccc2c(S(=O)(=O)O)cccc2c1. The summed E-state index contributed by atoms with van der Waals surface area (Å²) in [5.74, 6) is 0. The second-order valence-corrected chi connectivity index (χ2v) is 5.27. The van der Waals surface area contributed by atoms with Gasteiger partial charge in [-0.1, -0.05) is 18.2 Å². The first-order chi connectivity index (χ1) is 8.52. The van der Waals surface area contributed by atoms with Crippen molar-refractivity contribution in [3.05, 3.63) is 36.4 Å². The predicted molar refractivity (Wildman–Crippen MR) is 71.3 cm³/mol. The molecule has 6 heteroatoms. The molecule has 2 rings (SSSR count). The second kappa shape index (κ2) is 4.93. The molecule has 0 bridgehead atoms. The van der Waals surface area contributed by atoms with Crippen molar-refractivity contribution >= 4 is 26.6 Å². The highest BCUT2D eigenvalue weighted by molar-refractivity contribution is 7.86. The van der Waals surface area contributed by atoms with Gasteiger partial charge in [0.25, 0.3) is 10.1 Å². The third-order valence-electron chi connectivity index (χ3n) is 2.59. The van der Waals surface area contributed by atoms with Gasteiger partial charge in [0.15, 0.2) is 0 Å². The van der Waals surface area contributed by atoms with Crippen LogP contribution in [0, 0.1) is 0 Å². The highest BCUT2D eigenvalue weighted by atomic mass is 32.2. The van der Waals surface area contributed by atoms with Crippen LogP contribution >= 0.6 is 0 Å². The predicted octanol–water partition coefficient (Wildman–Crippen LogP) is 1.46. The van der Waals surface area contributed by atoms with Crippen LogP contribution in [0.25, 0.3) is 10.8 Å². The van der Waals surface area contributed by atoms with Crippen LogP contribution in [-0.2, 0) is 10.1 Å². The molecule has 2 aromatic rings. The molecular weight excluding hydrogens is 252 g/mol. The normalized spacial score (nSPS) is 11.7. The summed E-state index contributed by atoms with van der Waals surface area (Å²) in [7, 11) is -4.20. The summed E-state index contributed by atoms with van der Waals surface area (Å²) < 4.78 is 31.6. The third-order valence-corrected chi connectivity index (χ3v) is 3.50. The van der Waals surface area contributed by atoms with E-state index in [1.807, 2.05) is 6.07 Å². The van der Waals surface area contributed by atoms with Crippen LogP contribution in [0.1, 0.15) is 0 Å². The van der Waals surface area contributed by atoms with E-state index in [0.29, 0.717) is 18.5 Å². The van der Waals surface area contributed by atoms with E-state index < -0.39 is 10.1 Å². The minimum Gasteiger partial charge on any atom is -0.384 e. The van der Waals surface area contributed by atoms with Gasteiger partial charge < -0.3 is 11.1 Å². The van der Waals surface area contributed by atoms with Gasteiger partial charge in [-0.15, -0.1) is 0 Å². The molecule has 2 aromatic carbocycles. The summed E-state index contributed by atoms with van der Waals surface area (Å²) in [5, 5.41) is 4.35. The summed E-state index contributed by atoms with van der Waals surface area (Å²) >= 11 is 0. The highest BCUT2D eigenvalue weighted by Crippen LogP contribution is 2.25. The first-order valence-electron chi connectivity index (χ1n) is 5.46. The van der Waals surface area contributed by atoms with Gasteiger partial charge in [-0.25, -0.2) is 0 Å². The number of fused-ring (bicyclic) bond motifs is 1. The minimum atomic E-state index is -4.20. The molecular formula is C12H14N2O3S. The molecule has 0 aliphatic heterocycles. The van der Waals surface area contributed by atoms with E-state index in [0.717, 1.165) is 11.1 Å². The number of anilines is 1. The average Bonchev–Trinajstić information content (AvgIpc) is 2.34. The molecule has 5 nitrogen and oxygen atoms in total. The van der Waals surface area contributed by atoms with E-state index in [1.165, 1.54) is 6.07 Å². The van der Waals surface area contributed by atoms with Crippen molar-refractivity contribution in [2.24, 2.45) is 5.73 Å². The van der Waals surface area contributed by atoms with Crippen LogP contribution in [0.5, 0.6) is 0 Å². The van der Waals surface area contributed by atoms with E-state index in [9.17, 15) is 8.42 Å². The maximum absolute atomic E-state index is 11.2. The number of nitrogens with one attached hydrogen (secondary N) is 1. The summed E-state index contributed by atoms with van der Waals surface area (Å²) in [6, 6.07) is 10.0. The molecule has 0 fully saturated rings. The van der Waals surface area contributed by atoms with Crippen LogP contribution in [0.15, 0.2) is 41.3 Å². The zero-order valence-electron chi connectivity index (χ0n) is 9.63. The first kappa shape index (κ1) is 12.8. The smallest absolute Gasteiger partial charge is 0.295 e. The molecule has 0 aliphatic carbocycles. The number of rotatable bonds is 4. The Hall–Kier alpha value is -1.63. The lowest BCUT2D eigenvalue weighted by Gasteiger charge is -2.08. The summed E-state index contributed by atoms with van der Waals surface area (Å²) in [6.45, 7) is 1.16. The summed E-state index contributed by atoms with van der Waals surface area (Å²) in [5.41, 5.74) is 6.26. The Bertz CT molecular complexity index is 668. The lowest BCUT2D eigenvalue weighted by Crippen LogP contribution is -2.12. The van der Waals surface area contributed by atoms with Gasteiger partial charge in [-0.3, -0.25) is 4.55 Å². The second-order valence-electron chi connectivity index (χ2n) is 3.88. The summed E-state index contributed by atoms with van der Waals surface area (Å²) in [4.78, 5) is -0.0784. The molecule has 0 saturated heterocycles. The zero-order chi connectivity index (χ0) is 13.2. The Kier molecular flexibility index (Phi) is 3.51. The van der Waals surface area contributed by atoms with Crippen molar-refractivity contribution < 1.29 is 13.0 Å². The van der Waals surface area contributed by atoms with Crippen LogP contribution in [0.4, 0.5) is 5.69 Å². The van der Waals surface area contributed by atoms with Gasteiger partial charge in [0, 0.05) is 24.2 Å². The molecule has 0 aliphatic rings. The fraction of sp³-hybridized carbons (Fsp3) is 0.167. The molecule has 4 N–H and O–H groups in total. The third kappa shape index (κ3) is 2.61.